The van der Waals surface area contributed by atoms with Gasteiger partial charge in [-0.15, -0.1) is 5.92 Å². The van der Waals surface area contributed by atoms with Crippen molar-refractivity contribution in [3.05, 3.63) is 28.0 Å². The molecule has 0 unspecified atom stereocenters. The third kappa shape index (κ3) is 5.65. The first-order valence-electron chi connectivity index (χ1n) is 10.1. The summed E-state index contributed by atoms with van der Waals surface area (Å²) in [4.78, 5) is 16.3. The fourth-order valence-electron chi connectivity index (χ4n) is 3.86. The number of hydrogen-bond donors (Lipinski definition) is 0. The summed E-state index contributed by atoms with van der Waals surface area (Å²) >= 11 is 3.20. The molecule has 2 heterocycles. The van der Waals surface area contributed by atoms with Crippen molar-refractivity contribution in [2.75, 3.05) is 0 Å². The van der Waals surface area contributed by atoms with E-state index in [1.54, 1.807) is 11.6 Å². The smallest absolute Gasteiger partial charge is 0.332 e. The van der Waals surface area contributed by atoms with Gasteiger partial charge in [-0.25, -0.2) is 13.8 Å². The second-order valence-corrected chi connectivity index (χ2v) is 8.84. The maximum Gasteiger partial charge on any atom is 0.454 e. The van der Waals surface area contributed by atoms with Gasteiger partial charge in [0.05, 0.1) is 5.56 Å². The molecular weight excluding hydrogens is 483 g/mol. The van der Waals surface area contributed by atoms with Crippen LogP contribution in [0.4, 0.5) is 22.0 Å². The second-order valence-electron chi connectivity index (χ2n) is 7.93. The van der Waals surface area contributed by atoms with Gasteiger partial charge in [-0.2, -0.15) is 13.2 Å². The monoisotopic (exact) mass is 504 g/mol. The van der Waals surface area contributed by atoms with Crippen LogP contribution < -0.4 is 0 Å². The van der Waals surface area contributed by atoms with Crippen LogP contribution >= 0.6 is 15.9 Å². The number of pyridine rings is 1. The zero-order valence-electron chi connectivity index (χ0n) is 17.0. The molecular formula is C22H22BrF5N2O. The van der Waals surface area contributed by atoms with Crippen LogP contribution in [0.15, 0.2) is 16.7 Å². The molecule has 0 spiro atoms. The third-order valence-corrected chi connectivity index (χ3v) is 5.89. The first kappa shape index (κ1) is 23.7. The molecule has 1 fully saturated rings. The molecule has 0 radical (unpaired) electrons. The summed E-state index contributed by atoms with van der Waals surface area (Å²) in [6, 6.07) is 1.49. The summed E-state index contributed by atoms with van der Waals surface area (Å²) in [5, 5.41) is 0.186. The maximum atomic E-state index is 13.2. The quantitative estimate of drug-likeness (QED) is 0.184. The average Bonchev–Trinajstić information content (AvgIpc) is 2.91. The Bertz CT molecular complexity index is 1020. The SMILES string of the molecule is Cn1c(CCCCCCC#CC2CC(F)(F)C2)c(C(=O)C(F)(F)F)c2cc(Br)cnc21. The molecule has 0 aromatic carbocycles. The molecule has 0 saturated heterocycles. The lowest BCUT2D eigenvalue weighted by Crippen LogP contribution is -2.34. The van der Waals surface area contributed by atoms with E-state index in [1.165, 1.54) is 12.3 Å². The fourth-order valence-corrected chi connectivity index (χ4v) is 4.19. The Morgan fingerprint density at radius 2 is 1.94 bits per heavy atom. The number of alkyl halides is 5. The van der Waals surface area contributed by atoms with E-state index >= 15 is 0 Å². The molecule has 1 aliphatic carbocycles. The van der Waals surface area contributed by atoms with Crippen molar-refractivity contribution in [1.29, 1.82) is 0 Å². The molecule has 3 rings (SSSR count). The minimum Gasteiger partial charge on any atom is -0.332 e. The van der Waals surface area contributed by atoms with Gasteiger partial charge in [0, 0.05) is 54.0 Å². The first-order chi connectivity index (χ1) is 14.5. The standard InChI is InChI=1S/C22H22BrF5N2O/c1-30-17(9-7-5-3-2-4-6-8-14-11-21(24,25)12-14)18(19(31)22(26,27)28)16-10-15(23)13-29-20(16)30/h10,13-14H,2-5,7,9,11-12H2,1H3. The maximum absolute atomic E-state index is 13.2. The summed E-state index contributed by atoms with van der Waals surface area (Å²) in [7, 11) is 1.62. The van der Waals surface area contributed by atoms with Crippen LogP contribution in [0.3, 0.4) is 0 Å². The summed E-state index contributed by atoms with van der Waals surface area (Å²) in [5.41, 5.74) is 0.332. The van der Waals surface area contributed by atoms with Crippen LogP contribution in [-0.4, -0.2) is 27.4 Å². The molecule has 2 aromatic rings. The molecule has 31 heavy (non-hydrogen) atoms. The molecule has 0 N–H and O–H groups in total. The lowest BCUT2D eigenvalue weighted by atomic mass is 9.82. The summed E-state index contributed by atoms with van der Waals surface area (Å²) in [6.45, 7) is 0. The van der Waals surface area contributed by atoms with Gasteiger partial charge in [0.25, 0.3) is 11.7 Å². The third-order valence-electron chi connectivity index (χ3n) is 5.46. The summed E-state index contributed by atoms with van der Waals surface area (Å²) in [6.07, 6.45) is 0.155. The van der Waals surface area contributed by atoms with Crippen molar-refractivity contribution >= 4 is 32.7 Å². The minimum atomic E-state index is -4.96. The van der Waals surface area contributed by atoms with Gasteiger partial charge in [0.2, 0.25) is 0 Å². The van der Waals surface area contributed by atoms with Crippen LogP contribution in [-0.2, 0) is 13.5 Å². The van der Waals surface area contributed by atoms with Gasteiger partial charge in [0.15, 0.2) is 0 Å². The average molecular weight is 505 g/mol. The number of carbonyl (C=O) groups is 1. The van der Waals surface area contributed by atoms with Crippen molar-refractivity contribution in [3.63, 3.8) is 0 Å². The number of carbonyl (C=O) groups excluding carboxylic acids is 1. The molecule has 0 aliphatic heterocycles. The fraction of sp³-hybridized carbons (Fsp3) is 0.545. The Balaban J connectivity index is 1.58. The largest absolute Gasteiger partial charge is 0.454 e. The molecule has 0 bridgehead atoms. The number of hydrogen-bond acceptors (Lipinski definition) is 2. The Kier molecular flexibility index (Phi) is 7.09. The predicted molar refractivity (Wildman–Crippen MR) is 111 cm³/mol. The molecule has 9 heteroatoms. The van der Waals surface area contributed by atoms with Crippen LogP contribution in [0.1, 0.15) is 61.0 Å². The number of rotatable bonds is 7. The van der Waals surface area contributed by atoms with Gasteiger partial charge < -0.3 is 4.57 Å². The van der Waals surface area contributed by atoms with E-state index in [9.17, 15) is 26.7 Å². The number of halogens is 6. The number of unbranched alkanes of at least 4 members (excludes halogenated alkanes) is 4. The molecule has 0 atom stereocenters. The number of Topliss-reactive ketones (excluding diaryl/α,β-unsaturated/α-hetero) is 1. The first-order valence-corrected chi connectivity index (χ1v) is 10.9. The van der Waals surface area contributed by atoms with E-state index in [-0.39, 0.29) is 29.7 Å². The highest BCUT2D eigenvalue weighted by atomic mass is 79.9. The molecule has 1 saturated carbocycles. The van der Waals surface area contributed by atoms with E-state index in [2.05, 4.69) is 32.8 Å². The molecule has 0 amide bonds. The van der Waals surface area contributed by atoms with Crippen molar-refractivity contribution in [2.24, 2.45) is 13.0 Å². The zero-order chi connectivity index (χ0) is 22.8. The van der Waals surface area contributed by atoms with Crippen molar-refractivity contribution < 1.29 is 26.7 Å². The Hall–Kier alpha value is -1.95. The summed E-state index contributed by atoms with van der Waals surface area (Å²) in [5.74, 6) is 1.18. The van der Waals surface area contributed by atoms with Gasteiger partial charge in [0.1, 0.15) is 5.65 Å². The van der Waals surface area contributed by atoms with E-state index in [0.717, 1.165) is 19.3 Å². The Morgan fingerprint density at radius 1 is 1.26 bits per heavy atom. The Morgan fingerprint density at radius 3 is 2.58 bits per heavy atom. The van der Waals surface area contributed by atoms with E-state index in [4.69, 9.17) is 0 Å². The minimum absolute atomic E-state index is 0.157. The molecule has 168 valence electrons. The van der Waals surface area contributed by atoms with Crippen molar-refractivity contribution in [3.8, 4) is 11.8 Å². The van der Waals surface area contributed by atoms with Crippen LogP contribution in [0, 0.1) is 17.8 Å². The number of aromatic nitrogens is 2. The molecule has 2 aromatic heterocycles. The van der Waals surface area contributed by atoms with Crippen molar-refractivity contribution in [1.82, 2.24) is 9.55 Å². The Labute approximate surface area is 185 Å². The van der Waals surface area contributed by atoms with E-state index < -0.39 is 17.9 Å². The summed E-state index contributed by atoms with van der Waals surface area (Å²) < 4.78 is 67.1. The highest BCUT2D eigenvalue weighted by Gasteiger charge is 2.44. The van der Waals surface area contributed by atoms with Gasteiger partial charge >= 0.3 is 6.18 Å². The van der Waals surface area contributed by atoms with E-state index in [1.807, 2.05) is 0 Å². The number of aryl methyl sites for hydroxylation is 1. The van der Waals surface area contributed by atoms with Gasteiger partial charge in [-0.3, -0.25) is 4.79 Å². The molecule has 1 aliphatic rings. The predicted octanol–water partition coefficient (Wildman–Crippen LogP) is 6.62. The lowest BCUT2D eigenvalue weighted by Gasteiger charge is -2.31. The van der Waals surface area contributed by atoms with Crippen LogP contribution in [0.25, 0.3) is 11.0 Å². The van der Waals surface area contributed by atoms with Crippen LogP contribution in [0.5, 0.6) is 0 Å². The lowest BCUT2D eigenvalue weighted by molar-refractivity contribution is -0.0937. The molecule has 3 nitrogen and oxygen atoms in total. The van der Waals surface area contributed by atoms with Crippen molar-refractivity contribution in [2.45, 2.75) is 63.5 Å². The van der Waals surface area contributed by atoms with Crippen LogP contribution in [0.2, 0.25) is 0 Å². The normalized spacial score (nSPS) is 16.1. The number of nitrogens with zero attached hydrogens (tertiary/aromatic N) is 2. The topological polar surface area (TPSA) is 34.9 Å². The van der Waals surface area contributed by atoms with E-state index in [0.29, 0.717) is 35.1 Å². The number of ketones is 1. The highest BCUT2D eigenvalue weighted by Crippen LogP contribution is 2.41. The zero-order valence-corrected chi connectivity index (χ0v) is 18.5. The highest BCUT2D eigenvalue weighted by molar-refractivity contribution is 9.10. The second kappa shape index (κ2) is 9.27. The number of fused-ring (bicyclic) bond motifs is 1. The van der Waals surface area contributed by atoms with Gasteiger partial charge in [-0.1, -0.05) is 18.8 Å². The van der Waals surface area contributed by atoms with Gasteiger partial charge in [-0.05, 0) is 41.3 Å².